The number of para-hydroxylation sites is 1. The molecule has 1 aliphatic rings. The fraction of sp³-hybridized carbons (Fsp3) is 0.261. The van der Waals surface area contributed by atoms with Gasteiger partial charge in [-0.2, -0.15) is 23.3 Å². The summed E-state index contributed by atoms with van der Waals surface area (Å²) in [4.78, 5) is 10.8. The van der Waals surface area contributed by atoms with Crippen molar-refractivity contribution in [2.24, 2.45) is 7.05 Å². The van der Waals surface area contributed by atoms with Gasteiger partial charge in [0.05, 0.1) is 17.0 Å². The minimum absolute atomic E-state index is 0.0131. The Kier molecular flexibility index (Phi) is 5.26. The average molecular weight is 490 g/mol. The Bertz CT molecular complexity index is 1450. The van der Waals surface area contributed by atoms with Gasteiger partial charge >= 0.3 is 6.18 Å². The average Bonchev–Trinajstić information content (AvgIpc) is 3.12. The summed E-state index contributed by atoms with van der Waals surface area (Å²) in [6.07, 6.45) is -3.10. The van der Waals surface area contributed by atoms with Crippen LogP contribution in [0.3, 0.4) is 0 Å². The van der Waals surface area contributed by atoms with Gasteiger partial charge in [0, 0.05) is 38.1 Å². The number of nitrogens with zero attached hydrogens (tertiary/aromatic N) is 5. The molecule has 0 amide bonds. The molecule has 0 saturated carbocycles. The van der Waals surface area contributed by atoms with E-state index in [0.29, 0.717) is 6.54 Å². The molecule has 0 radical (unpaired) electrons. The highest BCUT2D eigenvalue weighted by atomic mass is 19.4. The van der Waals surface area contributed by atoms with Crippen LogP contribution in [0.1, 0.15) is 11.1 Å². The monoisotopic (exact) mass is 490 g/mol. The predicted octanol–water partition coefficient (Wildman–Crippen LogP) is 4.51. The van der Waals surface area contributed by atoms with Crippen molar-refractivity contribution in [1.29, 1.82) is 0 Å². The quantitative estimate of drug-likeness (QED) is 0.412. The maximum atomic E-state index is 14.6. The number of nitrogens with one attached hydrogen (secondary N) is 1. The predicted molar refractivity (Wildman–Crippen MR) is 119 cm³/mol. The zero-order valence-electron chi connectivity index (χ0n) is 18.5. The van der Waals surface area contributed by atoms with Crippen molar-refractivity contribution < 1.29 is 27.1 Å². The van der Waals surface area contributed by atoms with Crippen LogP contribution in [0, 0.1) is 11.6 Å². The Morgan fingerprint density at radius 2 is 1.86 bits per heavy atom. The van der Waals surface area contributed by atoms with Crippen LogP contribution in [0.2, 0.25) is 0 Å². The van der Waals surface area contributed by atoms with E-state index in [1.165, 1.54) is 17.9 Å². The third-order valence-corrected chi connectivity index (χ3v) is 6.01. The molecule has 1 atom stereocenters. The van der Waals surface area contributed by atoms with E-state index in [4.69, 9.17) is 0 Å². The molecule has 3 heterocycles. The highest BCUT2D eigenvalue weighted by molar-refractivity contribution is 5.91. The van der Waals surface area contributed by atoms with E-state index in [-0.39, 0.29) is 34.8 Å². The molecule has 182 valence electrons. The third-order valence-electron chi connectivity index (χ3n) is 6.01. The molecule has 35 heavy (non-hydrogen) atoms. The minimum Gasteiger partial charge on any atom is -0.503 e. The smallest absolute Gasteiger partial charge is 0.419 e. The summed E-state index contributed by atoms with van der Waals surface area (Å²) in [5.41, 5.74) is -0.240. The molecule has 2 aromatic carbocycles. The number of hydrogen-bond donors (Lipinski definition) is 2. The van der Waals surface area contributed by atoms with Crippen molar-refractivity contribution in [3.05, 3.63) is 59.3 Å². The Morgan fingerprint density at radius 1 is 1.11 bits per heavy atom. The summed E-state index contributed by atoms with van der Waals surface area (Å²) < 4.78 is 69.5. The van der Waals surface area contributed by atoms with Crippen LogP contribution >= 0.6 is 0 Å². The standard InChI is InChI=1S/C23H19F5N6O/c1-33-10-12(7-11-5-3-4-6-16(11)33)30-22-29-9-14-19(32-34(2)21(14)31-22)13-8-15(23(26,27)28)18(25)20(35)17(13)24/h3-6,8-9,12,35H,7,10H2,1-2H3,(H,29,30,31). The number of alkyl halides is 3. The Morgan fingerprint density at radius 3 is 2.60 bits per heavy atom. The van der Waals surface area contributed by atoms with Crippen LogP contribution < -0.4 is 10.2 Å². The number of likely N-dealkylation sites (N-methyl/N-ethyl adjacent to an activating group) is 1. The van der Waals surface area contributed by atoms with Gasteiger partial charge in [0.2, 0.25) is 5.95 Å². The van der Waals surface area contributed by atoms with Crippen LogP contribution in [-0.2, 0) is 19.6 Å². The SMILES string of the molecule is CN1CC(Nc2ncc3c(-c4cc(C(F)(F)F)c(F)c(O)c4F)nn(C)c3n2)Cc2ccccc21. The molecule has 0 fully saturated rings. The van der Waals surface area contributed by atoms with Gasteiger partial charge in [0.1, 0.15) is 5.69 Å². The number of fused-ring (bicyclic) bond motifs is 2. The normalized spacial score (nSPS) is 16.0. The van der Waals surface area contributed by atoms with Gasteiger partial charge in [-0.15, -0.1) is 0 Å². The second-order valence-corrected chi connectivity index (χ2v) is 8.40. The molecule has 0 spiro atoms. The van der Waals surface area contributed by atoms with Gasteiger partial charge in [-0.1, -0.05) is 18.2 Å². The molecule has 0 saturated heterocycles. The Balaban J connectivity index is 1.51. The number of halogens is 5. The van der Waals surface area contributed by atoms with E-state index in [0.717, 1.165) is 17.7 Å². The maximum absolute atomic E-state index is 14.6. The zero-order valence-corrected chi connectivity index (χ0v) is 18.5. The highest BCUT2D eigenvalue weighted by Gasteiger charge is 2.38. The number of aryl methyl sites for hydroxylation is 1. The summed E-state index contributed by atoms with van der Waals surface area (Å²) in [7, 11) is 3.46. The topological polar surface area (TPSA) is 79.1 Å². The lowest BCUT2D eigenvalue weighted by molar-refractivity contribution is -0.140. The van der Waals surface area contributed by atoms with Crippen LogP contribution in [-0.4, -0.2) is 44.5 Å². The second kappa shape index (κ2) is 8.07. The van der Waals surface area contributed by atoms with Crippen molar-refractivity contribution in [3.63, 3.8) is 0 Å². The number of aromatic nitrogens is 4. The van der Waals surface area contributed by atoms with Gasteiger partial charge < -0.3 is 15.3 Å². The first kappa shape index (κ1) is 22.8. The first-order valence-electron chi connectivity index (χ1n) is 10.6. The number of phenolic OH excluding ortho intramolecular Hbond substituents is 1. The molecule has 0 bridgehead atoms. The van der Waals surface area contributed by atoms with E-state index in [2.05, 4.69) is 25.3 Å². The summed E-state index contributed by atoms with van der Waals surface area (Å²) in [5.74, 6) is -5.10. The van der Waals surface area contributed by atoms with E-state index in [1.54, 1.807) is 0 Å². The van der Waals surface area contributed by atoms with Crippen LogP contribution in [0.4, 0.5) is 33.6 Å². The van der Waals surface area contributed by atoms with Gasteiger partial charge in [-0.25, -0.2) is 18.4 Å². The highest BCUT2D eigenvalue weighted by Crippen LogP contribution is 2.41. The van der Waals surface area contributed by atoms with E-state index >= 15 is 0 Å². The van der Waals surface area contributed by atoms with Gasteiger partial charge in [-0.05, 0) is 24.1 Å². The van der Waals surface area contributed by atoms with E-state index < -0.39 is 34.7 Å². The van der Waals surface area contributed by atoms with Crippen molar-refractivity contribution >= 4 is 22.7 Å². The number of anilines is 2. The Labute approximate surface area is 195 Å². The van der Waals surface area contributed by atoms with Gasteiger partial charge in [0.15, 0.2) is 23.0 Å². The van der Waals surface area contributed by atoms with Crippen molar-refractivity contribution in [2.45, 2.75) is 18.6 Å². The van der Waals surface area contributed by atoms with Crippen molar-refractivity contribution in [3.8, 4) is 17.0 Å². The second-order valence-electron chi connectivity index (χ2n) is 8.40. The summed E-state index contributed by atoms with van der Waals surface area (Å²) in [5, 5.41) is 17.1. The molecular weight excluding hydrogens is 471 g/mol. The minimum atomic E-state index is -5.14. The Hall–Kier alpha value is -3.96. The molecule has 7 nitrogen and oxygen atoms in total. The van der Waals surface area contributed by atoms with Gasteiger partial charge in [0.25, 0.3) is 0 Å². The summed E-state index contributed by atoms with van der Waals surface area (Å²) in [6.45, 7) is 0.690. The molecule has 4 aromatic rings. The molecule has 5 rings (SSSR count). The number of rotatable bonds is 3. The first-order valence-corrected chi connectivity index (χ1v) is 10.6. The number of aromatic hydroxyl groups is 1. The molecule has 1 aliphatic heterocycles. The lowest BCUT2D eigenvalue weighted by atomic mass is 9.98. The summed E-state index contributed by atoms with van der Waals surface area (Å²) in [6, 6.07) is 8.29. The van der Waals surface area contributed by atoms with Crippen LogP contribution in [0.5, 0.6) is 5.75 Å². The molecule has 1 unspecified atom stereocenters. The van der Waals surface area contributed by atoms with Crippen molar-refractivity contribution in [2.75, 3.05) is 23.8 Å². The van der Waals surface area contributed by atoms with E-state index in [9.17, 15) is 27.1 Å². The van der Waals surface area contributed by atoms with E-state index in [1.807, 2.05) is 31.3 Å². The number of benzene rings is 2. The van der Waals surface area contributed by atoms with Crippen LogP contribution in [0.25, 0.3) is 22.3 Å². The molecular formula is C23H19F5N6O. The lowest BCUT2D eigenvalue weighted by Crippen LogP contribution is -2.40. The number of hydrogen-bond acceptors (Lipinski definition) is 6. The molecule has 2 aromatic heterocycles. The summed E-state index contributed by atoms with van der Waals surface area (Å²) >= 11 is 0. The third kappa shape index (κ3) is 3.88. The molecule has 0 aliphatic carbocycles. The maximum Gasteiger partial charge on any atom is 0.419 e. The van der Waals surface area contributed by atoms with Gasteiger partial charge in [-0.3, -0.25) is 0 Å². The largest absolute Gasteiger partial charge is 0.503 e. The number of phenols is 1. The van der Waals surface area contributed by atoms with Crippen LogP contribution in [0.15, 0.2) is 36.5 Å². The fourth-order valence-electron chi connectivity index (χ4n) is 4.40. The molecule has 12 heteroatoms. The lowest BCUT2D eigenvalue weighted by Gasteiger charge is -2.33. The first-order chi connectivity index (χ1) is 16.5. The fourth-order valence-corrected chi connectivity index (χ4v) is 4.40. The van der Waals surface area contributed by atoms with Crippen molar-refractivity contribution in [1.82, 2.24) is 19.7 Å². The molecule has 2 N–H and O–H groups in total. The zero-order chi connectivity index (χ0) is 25.1.